The summed E-state index contributed by atoms with van der Waals surface area (Å²) in [6.45, 7) is 1.23. The molecular formula is C15H20Cl2O6. The van der Waals surface area contributed by atoms with Crippen LogP contribution in [0.15, 0.2) is 18.2 Å². The summed E-state index contributed by atoms with van der Waals surface area (Å²) in [5.41, 5.74) is 0. The van der Waals surface area contributed by atoms with E-state index in [1.807, 2.05) is 0 Å². The third-order valence-corrected chi connectivity index (χ3v) is 3.68. The molecule has 1 saturated heterocycles. The van der Waals surface area contributed by atoms with Crippen molar-refractivity contribution in [1.29, 1.82) is 0 Å². The van der Waals surface area contributed by atoms with Crippen LogP contribution in [0.2, 0.25) is 0 Å². The van der Waals surface area contributed by atoms with Crippen LogP contribution in [0.1, 0.15) is 0 Å². The summed E-state index contributed by atoms with van der Waals surface area (Å²) in [6.07, 6.45) is -1.41. The van der Waals surface area contributed by atoms with E-state index in [9.17, 15) is 10.2 Å². The lowest BCUT2D eigenvalue weighted by molar-refractivity contribution is 0.118. The highest BCUT2D eigenvalue weighted by Gasteiger charge is 2.24. The van der Waals surface area contributed by atoms with Gasteiger partial charge in [-0.25, -0.2) is 0 Å². The number of rotatable bonds is 11. The molecule has 6 nitrogen and oxygen atoms in total. The molecule has 0 amide bonds. The molecule has 0 radical (unpaired) electrons. The summed E-state index contributed by atoms with van der Waals surface area (Å²) in [4.78, 5) is 0. The maximum absolute atomic E-state index is 9.52. The van der Waals surface area contributed by atoms with E-state index in [0.717, 1.165) is 0 Å². The fourth-order valence-corrected chi connectivity index (χ4v) is 1.80. The number of halogens is 2. The van der Waals surface area contributed by atoms with E-state index in [2.05, 4.69) is 0 Å². The van der Waals surface area contributed by atoms with E-state index >= 15 is 0 Å². The minimum absolute atomic E-state index is 0.0353. The maximum atomic E-state index is 9.52. The molecule has 0 bridgehead atoms. The standard InChI is InChI=1S/C15H20Cl2O6/c16-4-10(18)6-20-12-1-2-14(23-9-13-8-21-13)15(3-12)22-7-11(19)5-17/h1-3,10-11,13,18-19H,4-9H2. The molecular weight excluding hydrogens is 347 g/mol. The van der Waals surface area contributed by atoms with Crippen LogP contribution in [0.3, 0.4) is 0 Å². The SMILES string of the molecule is OC(CCl)COc1ccc(OCC2CO2)c(OCC(O)CCl)c1. The fraction of sp³-hybridized carbons (Fsp3) is 0.600. The average Bonchev–Trinajstić information content (AvgIpc) is 3.40. The van der Waals surface area contributed by atoms with Crippen molar-refractivity contribution >= 4 is 23.2 Å². The van der Waals surface area contributed by atoms with E-state index in [-0.39, 0.29) is 31.1 Å². The molecule has 130 valence electrons. The Kier molecular flexibility index (Phi) is 7.52. The minimum atomic E-state index is -0.779. The van der Waals surface area contributed by atoms with Crippen LogP contribution in [0, 0.1) is 0 Å². The van der Waals surface area contributed by atoms with Crippen molar-refractivity contribution in [3.63, 3.8) is 0 Å². The van der Waals surface area contributed by atoms with Crippen LogP contribution in [0.25, 0.3) is 0 Å². The molecule has 3 unspecified atom stereocenters. The van der Waals surface area contributed by atoms with Gasteiger partial charge in [-0.15, -0.1) is 23.2 Å². The molecule has 3 atom stereocenters. The minimum Gasteiger partial charge on any atom is -0.491 e. The highest BCUT2D eigenvalue weighted by molar-refractivity contribution is 6.18. The Labute approximate surface area is 144 Å². The summed E-state index contributed by atoms with van der Waals surface area (Å²) in [6, 6.07) is 5.03. The Hall–Kier alpha value is -0.920. The molecule has 1 fully saturated rings. The van der Waals surface area contributed by atoms with Gasteiger partial charge in [-0.2, -0.15) is 0 Å². The number of ether oxygens (including phenoxy) is 4. The Morgan fingerprint density at radius 1 is 1.04 bits per heavy atom. The molecule has 23 heavy (non-hydrogen) atoms. The smallest absolute Gasteiger partial charge is 0.165 e. The quantitative estimate of drug-likeness (QED) is 0.455. The van der Waals surface area contributed by atoms with Gasteiger partial charge in [0.15, 0.2) is 11.5 Å². The molecule has 2 N–H and O–H groups in total. The first-order valence-electron chi connectivity index (χ1n) is 7.24. The predicted octanol–water partition coefficient (Wildman–Crippen LogP) is 1.42. The second-order valence-corrected chi connectivity index (χ2v) is 5.73. The van der Waals surface area contributed by atoms with Gasteiger partial charge in [0.25, 0.3) is 0 Å². The number of aliphatic hydroxyl groups is 2. The number of hydrogen-bond donors (Lipinski definition) is 2. The lowest BCUT2D eigenvalue weighted by Crippen LogP contribution is -2.20. The Bertz CT molecular complexity index is 483. The van der Waals surface area contributed by atoms with Gasteiger partial charge in [0.05, 0.1) is 18.4 Å². The topological polar surface area (TPSA) is 80.7 Å². The molecule has 0 aromatic heterocycles. The molecule has 1 aliphatic heterocycles. The van der Waals surface area contributed by atoms with Gasteiger partial charge in [-0.05, 0) is 12.1 Å². The Balaban J connectivity index is 2.00. The molecule has 1 aliphatic rings. The molecule has 1 aromatic carbocycles. The molecule has 0 aliphatic carbocycles. The zero-order valence-electron chi connectivity index (χ0n) is 12.5. The van der Waals surface area contributed by atoms with E-state index in [1.54, 1.807) is 18.2 Å². The van der Waals surface area contributed by atoms with Gasteiger partial charge in [-0.3, -0.25) is 0 Å². The first-order valence-corrected chi connectivity index (χ1v) is 8.31. The zero-order valence-corrected chi connectivity index (χ0v) is 14.0. The van der Waals surface area contributed by atoms with Crippen molar-refractivity contribution < 1.29 is 29.2 Å². The van der Waals surface area contributed by atoms with Crippen molar-refractivity contribution in [2.75, 3.05) is 38.2 Å². The van der Waals surface area contributed by atoms with Crippen LogP contribution >= 0.6 is 23.2 Å². The Morgan fingerprint density at radius 2 is 1.70 bits per heavy atom. The number of epoxide rings is 1. The van der Waals surface area contributed by atoms with E-state index < -0.39 is 12.2 Å². The Morgan fingerprint density at radius 3 is 2.30 bits per heavy atom. The summed E-state index contributed by atoms with van der Waals surface area (Å²) >= 11 is 11.1. The van der Waals surface area contributed by atoms with Crippen LogP contribution < -0.4 is 14.2 Å². The fourth-order valence-electron chi connectivity index (χ4n) is 1.62. The van der Waals surface area contributed by atoms with Gasteiger partial charge in [0, 0.05) is 6.07 Å². The van der Waals surface area contributed by atoms with Crippen molar-refractivity contribution in [3.05, 3.63) is 18.2 Å². The largest absolute Gasteiger partial charge is 0.491 e. The van der Waals surface area contributed by atoms with Crippen molar-refractivity contribution in [1.82, 2.24) is 0 Å². The first-order chi connectivity index (χ1) is 11.1. The highest BCUT2D eigenvalue weighted by Crippen LogP contribution is 2.32. The van der Waals surface area contributed by atoms with Gasteiger partial charge in [-0.1, -0.05) is 0 Å². The maximum Gasteiger partial charge on any atom is 0.165 e. The summed E-state index contributed by atoms with van der Waals surface area (Å²) < 4.78 is 21.7. The van der Waals surface area contributed by atoms with E-state index in [0.29, 0.717) is 30.5 Å². The molecule has 0 spiro atoms. The molecule has 2 rings (SSSR count). The third-order valence-electron chi connectivity index (χ3n) is 2.97. The van der Waals surface area contributed by atoms with Crippen molar-refractivity contribution in [3.8, 4) is 17.2 Å². The number of benzene rings is 1. The molecule has 0 saturated carbocycles. The number of aliphatic hydroxyl groups excluding tert-OH is 2. The summed E-state index contributed by atoms with van der Waals surface area (Å²) in [5.74, 6) is 1.61. The normalized spacial score (nSPS) is 19.0. The second-order valence-electron chi connectivity index (χ2n) is 5.11. The van der Waals surface area contributed by atoms with Gasteiger partial charge < -0.3 is 29.2 Å². The van der Waals surface area contributed by atoms with Crippen LogP contribution in [-0.2, 0) is 4.74 Å². The predicted molar refractivity (Wildman–Crippen MR) is 86.1 cm³/mol. The van der Waals surface area contributed by atoms with E-state index in [1.165, 1.54) is 0 Å². The monoisotopic (exact) mass is 366 g/mol. The van der Waals surface area contributed by atoms with Crippen LogP contribution in [-0.4, -0.2) is 66.7 Å². The molecule has 1 heterocycles. The zero-order chi connectivity index (χ0) is 16.7. The molecule has 1 aromatic rings. The highest BCUT2D eigenvalue weighted by atomic mass is 35.5. The lowest BCUT2D eigenvalue weighted by atomic mass is 10.3. The van der Waals surface area contributed by atoms with Gasteiger partial charge >= 0.3 is 0 Å². The third kappa shape index (κ3) is 6.61. The average molecular weight is 367 g/mol. The lowest BCUT2D eigenvalue weighted by Gasteiger charge is -2.16. The molecule has 8 heteroatoms. The van der Waals surface area contributed by atoms with Crippen LogP contribution in [0.5, 0.6) is 17.2 Å². The van der Waals surface area contributed by atoms with Gasteiger partial charge in [0.1, 0.15) is 43.9 Å². The number of alkyl halides is 2. The summed E-state index contributed by atoms with van der Waals surface area (Å²) in [7, 11) is 0. The first kappa shape index (κ1) is 18.4. The summed E-state index contributed by atoms with van der Waals surface area (Å²) in [5, 5.41) is 18.9. The van der Waals surface area contributed by atoms with Crippen molar-refractivity contribution in [2.45, 2.75) is 18.3 Å². The van der Waals surface area contributed by atoms with Crippen LogP contribution in [0.4, 0.5) is 0 Å². The van der Waals surface area contributed by atoms with Gasteiger partial charge in [0.2, 0.25) is 0 Å². The second kappa shape index (κ2) is 9.39. The van der Waals surface area contributed by atoms with E-state index in [4.69, 9.17) is 42.1 Å². The number of hydrogen-bond acceptors (Lipinski definition) is 6. The van der Waals surface area contributed by atoms with Crippen molar-refractivity contribution in [2.24, 2.45) is 0 Å².